The summed E-state index contributed by atoms with van der Waals surface area (Å²) in [5, 5.41) is 12.3. The van der Waals surface area contributed by atoms with E-state index in [-0.39, 0.29) is 11.8 Å². The number of nitrogens with zero attached hydrogens (tertiary/aromatic N) is 2. The number of carbonyl (C=O) groups is 1. The van der Waals surface area contributed by atoms with Crippen LogP contribution in [0.25, 0.3) is 10.7 Å². The van der Waals surface area contributed by atoms with Crippen molar-refractivity contribution in [2.24, 2.45) is 0 Å². The second kappa shape index (κ2) is 9.19. The van der Waals surface area contributed by atoms with Gasteiger partial charge in [0.05, 0.1) is 4.88 Å². The van der Waals surface area contributed by atoms with E-state index in [1.807, 2.05) is 60.8 Å². The first-order valence-electron chi connectivity index (χ1n) is 9.73. The van der Waals surface area contributed by atoms with Crippen LogP contribution >= 0.6 is 23.6 Å². The summed E-state index contributed by atoms with van der Waals surface area (Å²) in [6, 6.07) is 23.9. The van der Waals surface area contributed by atoms with Crippen molar-refractivity contribution in [3.63, 3.8) is 0 Å². The molecule has 1 unspecified atom stereocenters. The second-order valence-electron chi connectivity index (χ2n) is 6.99. The molecule has 2 aromatic heterocycles. The molecule has 0 spiro atoms. The molecule has 5 nitrogen and oxygen atoms in total. The van der Waals surface area contributed by atoms with E-state index in [0.717, 1.165) is 16.0 Å². The van der Waals surface area contributed by atoms with Gasteiger partial charge in [-0.2, -0.15) is 5.10 Å². The first kappa shape index (κ1) is 20.3. The van der Waals surface area contributed by atoms with E-state index in [9.17, 15) is 4.79 Å². The van der Waals surface area contributed by atoms with E-state index < -0.39 is 6.04 Å². The van der Waals surface area contributed by atoms with Crippen molar-refractivity contribution >= 4 is 29.5 Å². The maximum atomic E-state index is 13.1. The van der Waals surface area contributed by atoms with Gasteiger partial charge in [0.25, 0.3) is 0 Å². The molecule has 0 saturated carbocycles. The van der Waals surface area contributed by atoms with E-state index >= 15 is 0 Å². The first-order valence-corrected chi connectivity index (χ1v) is 11.0. The minimum Gasteiger partial charge on any atom is -0.353 e. The number of H-pyrrole nitrogens is 1. The molecule has 30 heavy (non-hydrogen) atoms. The monoisotopic (exact) mass is 434 g/mol. The molecule has 152 valence electrons. The fourth-order valence-corrected chi connectivity index (χ4v) is 4.51. The minimum absolute atomic E-state index is 0.0673. The number of nitrogens with one attached hydrogen (secondary N) is 2. The number of carbonyl (C=O) groups excluding carboxylic acids is 1. The highest BCUT2D eigenvalue weighted by Gasteiger charge is 2.23. The molecule has 7 heteroatoms. The Morgan fingerprint density at radius 2 is 1.70 bits per heavy atom. The normalized spacial score (nSPS) is 12.1. The average molecular weight is 435 g/mol. The van der Waals surface area contributed by atoms with Gasteiger partial charge in [-0.05, 0) is 41.7 Å². The molecule has 4 rings (SSSR count). The Balaban J connectivity index is 1.55. The molecule has 1 atom stereocenters. The number of thiophene rings is 1. The summed E-state index contributed by atoms with van der Waals surface area (Å²) >= 11 is 6.96. The fourth-order valence-electron chi connectivity index (χ4n) is 3.51. The van der Waals surface area contributed by atoms with Gasteiger partial charge < -0.3 is 5.32 Å². The van der Waals surface area contributed by atoms with E-state index in [4.69, 9.17) is 12.2 Å². The largest absolute Gasteiger partial charge is 0.353 e. The van der Waals surface area contributed by atoms with Crippen molar-refractivity contribution in [1.29, 1.82) is 0 Å². The Bertz CT molecular complexity index is 1110. The molecule has 0 aliphatic rings. The molecule has 4 aromatic rings. The van der Waals surface area contributed by atoms with Gasteiger partial charge in [0.2, 0.25) is 5.91 Å². The molecular weight excluding hydrogens is 412 g/mol. The van der Waals surface area contributed by atoms with Gasteiger partial charge in [0.15, 0.2) is 10.6 Å². The average Bonchev–Trinajstić information content (AvgIpc) is 3.44. The third-order valence-electron chi connectivity index (χ3n) is 5.10. The van der Waals surface area contributed by atoms with Crippen LogP contribution in [-0.2, 0) is 4.79 Å². The smallest absolute Gasteiger partial charge is 0.242 e. The number of aromatic amines is 1. The summed E-state index contributed by atoms with van der Waals surface area (Å²) in [5.41, 5.74) is 2.33. The molecule has 0 saturated heterocycles. The molecule has 0 fully saturated rings. The number of hydrogen-bond donors (Lipinski definition) is 2. The molecule has 0 radical (unpaired) electrons. The van der Waals surface area contributed by atoms with E-state index in [2.05, 4.69) is 39.8 Å². The van der Waals surface area contributed by atoms with Gasteiger partial charge in [0.1, 0.15) is 6.04 Å². The summed E-state index contributed by atoms with van der Waals surface area (Å²) in [5.74, 6) is 0.653. The second-order valence-corrected chi connectivity index (χ2v) is 8.33. The summed E-state index contributed by atoms with van der Waals surface area (Å²) in [6.45, 7) is 2.34. The molecule has 2 N–H and O–H groups in total. The minimum atomic E-state index is -0.486. The number of rotatable bonds is 7. The quantitative estimate of drug-likeness (QED) is 0.394. The van der Waals surface area contributed by atoms with E-state index in [1.165, 1.54) is 0 Å². The zero-order valence-corrected chi connectivity index (χ0v) is 18.1. The molecule has 2 heterocycles. The van der Waals surface area contributed by atoms with E-state index in [1.54, 1.807) is 15.9 Å². The van der Waals surface area contributed by atoms with Crippen LogP contribution in [0.2, 0.25) is 0 Å². The van der Waals surface area contributed by atoms with Gasteiger partial charge in [-0.15, -0.1) is 11.3 Å². The van der Waals surface area contributed by atoms with Gasteiger partial charge in [-0.3, -0.25) is 14.5 Å². The maximum absolute atomic E-state index is 13.1. The lowest BCUT2D eigenvalue weighted by atomic mass is 9.91. The fraction of sp³-hybridized carbons (Fsp3) is 0.174. The van der Waals surface area contributed by atoms with Crippen LogP contribution in [0.5, 0.6) is 0 Å². The molecular formula is C23H22N4OS2. The number of benzene rings is 2. The van der Waals surface area contributed by atoms with Crippen molar-refractivity contribution in [1.82, 2.24) is 20.1 Å². The molecule has 0 aliphatic carbocycles. The van der Waals surface area contributed by atoms with Gasteiger partial charge in [-0.25, -0.2) is 0 Å². The van der Waals surface area contributed by atoms with Crippen LogP contribution < -0.4 is 5.32 Å². The van der Waals surface area contributed by atoms with Crippen LogP contribution in [-0.4, -0.2) is 27.2 Å². The van der Waals surface area contributed by atoms with Crippen molar-refractivity contribution in [3.8, 4) is 10.7 Å². The van der Waals surface area contributed by atoms with Gasteiger partial charge >= 0.3 is 0 Å². The van der Waals surface area contributed by atoms with Crippen LogP contribution in [0, 0.1) is 4.77 Å². The summed E-state index contributed by atoms with van der Waals surface area (Å²) in [6.07, 6.45) is 0. The topological polar surface area (TPSA) is 62.7 Å². The predicted molar refractivity (Wildman–Crippen MR) is 123 cm³/mol. The van der Waals surface area contributed by atoms with Crippen molar-refractivity contribution in [3.05, 3.63) is 94.1 Å². The molecule has 0 bridgehead atoms. The molecule has 0 aliphatic heterocycles. The van der Waals surface area contributed by atoms with Crippen LogP contribution in [0.15, 0.2) is 78.2 Å². The lowest BCUT2D eigenvalue weighted by molar-refractivity contribution is -0.123. The van der Waals surface area contributed by atoms with Crippen LogP contribution in [0.1, 0.15) is 30.0 Å². The van der Waals surface area contributed by atoms with Gasteiger partial charge in [0, 0.05) is 12.5 Å². The third kappa shape index (κ3) is 4.27. The third-order valence-corrected chi connectivity index (χ3v) is 6.25. The standard InChI is InChI=1S/C23H22N4OS2/c1-16(27-21(25-26-23(27)29)20-13-8-14-30-20)22(28)24-15-19(17-9-4-2-5-10-17)18-11-6-3-7-12-18/h2-14,16,19H,15H2,1H3,(H,24,28)(H,26,29). The van der Waals surface area contributed by atoms with Gasteiger partial charge in [-0.1, -0.05) is 66.7 Å². The van der Waals surface area contributed by atoms with Crippen LogP contribution in [0.3, 0.4) is 0 Å². The lowest BCUT2D eigenvalue weighted by Crippen LogP contribution is -2.34. The zero-order chi connectivity index (χ0) is 20.9. The Morgan fingerprint density at radius 3 is 2.27 bits per heavy atom. The SMILES string of the molecule is CC(C(=O)NCC(c1ccccc1)c1ccccc1)n1c(-c2cccs2)n[nH]c1=S. The number of amides is 1. The Labute approximate surface area is 184 Å². The zero-order valence-electron chi connectivity index (χ0n) is 16.5. The van der Waals surface area contributed by atoms with E-state index in [0.29, 0.717) is 17.1 Å². The molecule has 1 amide bonds. The predicted octanol–water partition coefficient (Wildman–Crippen LogP) is 5.18. The lowest BCUT2D eigenvalue weighted by Gasteiger charge is -2.21. The highest BCUT2D eigenvalue weighted by molar-refractivity contribution is 7.71. The van der Waals surface area contributed by atoms with Crippen molar-refractivity contribution < 1.29 is 4.79 Å². The Morgan fingerprint density at radius 1 is 1.07 bits per heavy atom. The molecule has 2 aromatic carbocycles. The maximum Gasteiger partial charge on any atom is 0.242 e. The Kier molecular flexibility index (Phi) is 6.21. The number of aromatic nitrogens is 3. The summed E-state index contributed by atoms with van der Waals surface area (Å²) < 4.78 is 2.21. The Hall–Kier alpha value is -3.03. The number of hydrogen-bond acceptors (Lipinski definition) is 4. The highest BCUT2D eigenvalue weighted by Crippen LogP contribution is 2.26. The van der Waals surface area contributed by atoms with Crippen LogP contribution in [0.4, 0.5) is 0 Å². The first-order chi connectivity index (χ1) is 14.6. The van der Waals surface area contributed by atoms with Crippen molar-refractivity contribution in [2.75, 3.05) is 6.54 Å². The van der Waals surface area contributed by atoms with Crippen molar-refractivity contribution in [2.45, 2.75) is 18.9 Å². The summed E-state index contributed by atoms with van der Waals surface area (Å²) in [7, 11) is 0. The highest BCUT2D eigenvalue weighted by atomic mass is 32.1. The summed E-state index contributed by atoms with van der Waals surface area (Å²) in [4.78, 5) is 14.0.